The van der Waals surface area contributed by atoms with Crippen molar-refractivity contribution in [3.8, 4) is 0 Å². The Morgan fingerprint density at radius 2 is 1.73 bits per heavy atom. The molecule has 2 unspecified atom stereocenters. The van der Waals surface area contributed by atoms with Crippen molar-refractivity contribution in [1.82, 2.24) is 0 Å². The topological polar surface area (TPSA) is 92.8 Å². The summed E-state index contributed by atoms with van der Waals surface area (Å²) in [6, 6.07) is 7.93. The van der Waals surface area contributed by atoms with Crippen LogP contribution in [0.4, 0.5) is 5.69 Å². The van der Waals surface area contributed by atoms with Crippen LogP contribution in [-0.2, 0) is 4.74 Å². The molecule has 0 spiro atoms. The van der Waals surface area contributed by atoms with Gasteiger partial charge in [0.15, 0.2) is 12.6 Å². The van der Waals surface area contributed by atoms with Gasteiger partial charge in [0.05, 0.1) is 4.92 Å². The van der Waals surface area contributed by atoms with Crippen molar-refractivity contribution in [2.24, 2.45) is 0 Å². The Morgan fingerprint density at radius 1 is 1.27 bits per heavy atom. The molecule has 0 bridgehead atoms. The number of nitrogens with zero attached hydrogens (tertiary/aromatic N) is 1. The highest BCUT2D eigenvalue weighted by Crippen LogP contribution is 2.13. The van der Waals surface area contributed by atoms with E-state index in [0.29, 0.717) is 6.42 Å². The van der Waals surface area contributed by atoms with Crippen LogP contribution in [-0.4, -0.2) is 27.7 Å². The highest BCUT2D eigenvalue weighted by molar-refractivity contribution is 5.27. The maximum Gasteiger partial charge on any atom is 0.269 e. The van der Waals surface area contributed by atoms with Crippen LogP contribution in [0.25, 0.3) is 0 Å². The second-order valence-corrected chi connectivity index (χ2v) is 2.87. The summed E-state index contributed by atoms with van der Waals surface area (Å²) in [6.45, 7) is 0. The van der Waals surface area contributed by atoms with Crippen molar-refractivity contribution in [2.75, 3.05) is 0 Å². The number of non-ortho nitro benzene ring substituents is 1. The van der Waals surface area contributed by atoms with Gasteiger partial charge in [-0.05, 0) is 0 Å². The Balaban J connectivity index is 0.000000162. The molecule has 2 rings (SSSR count). The zero-order valence-corrected chi connectivity index (χ0v) is 7.81. The molecule has 1 aliphatic rings. The summed E-state index contributed by atoms with van der Waals surface area (Å²) in [4.78, 5) is 9.59. The number of hydrogen-bond acceptors (Lipinski definition) is 5. The monoisotopic (exact) mass is 213 g/mol. The van der Waals surface area contributed by atoms with Crippen molar-refractivity contribution in [3.05, 3.63) is 40.4 Å². The molecule has 1 aromatic rings. The first-order valence-electron chi connectivity index (χ1n) is 4.30. The van der Waals surface area contributed by atoms with Crippen LogP contribution in [0.5, 0.6) is 0 Å². The van der Waals surface area contributed by atoms with E-state index < -0.39 is 17.5 Å². The fourth-order valence-corrected chi connectivity index (χ4v) is 0.892. The Kier molecular flexibility index (Phi) is 4.17. The summed E-state index contributed by atoms with van der Waals surface area (Å²) < 4.78 is 4.25. The molecule has 1 saturated heterocycles. The van der Waals surface area contributed by atoms with Gasteiger partial charge in [-0.15, -0.1) is 0 Å². The number of rotatable bonds is 1. The highest BCUT2D eigenvalue weighted by Gasteiger charge is 2.24. The number of aliphatic hydroxyl groups is 2. The fraction of sp³-hybridized carbons (Fsp3) is 0.333. The second kappa shape index (κ2) is 5.40. The molecule has 6 heteroatoms. The van der Waals surface area contributed by atoms with Gasteiger partial charge in [0.1, 0.15) is 0 Å². The van der Waals surface area contributed by atoms with Gasteiger partial charge in [-0.1, -0.05) is 18.2 Å². The third-order valence-electron chi connectivity index (χ3n) is 1.68. The average Bonchev–Trinajstić information content (AvgIpc) is 2.18. The summed E-state index contributed by atoms with van der Waals surface area (Å²) in [7, 11) is 0. The van der Waals surface area contributed by atoms with Crippen LogP contribution in [0.2, 0.25) is 0 Å². The molecular weight excluding hydrogens is 202 g/mol. The smallest absolute Gasteiger partial charge is 0.269 e. The Hall–Kier alpha value is -1.50. The lowest BCUT2D eigenvalue weighted by molar-refractivity contribution is -0.384. The van der Waals surface area contributed by atoms with E-state index >= 15 is 0 Å². The quantitative estimate of drug-likeness (QED) is 0.527. The van der Waals surface area contributed by atoms with Gasteiger partial charge in [-0.25, -0.2) is 0 Å². The molecule has 15 heavy (non-hydrogen) atoms. The molecule has 1 aromatic carbocycles. The SMILES string of the molecule is O=[N+]([O-])c1ccccc1.OC1CC(O)O1. The van der Waals surface area contributed by atoms with Gasteiger partial charge in [-0.3, -0.25) is 10.1 Å². The third kappa shape index (κ3) is 4.03. The molecule has 82 valence electrons. The predicted molar refractivity (Wildman–Crippen MR) is 50.8 cm³/mol. The van der Waals surface area contributed by atoms with Crippen LogP contribution in [0.15, 0.2) is 30.3 Å². The Bertz CT molecular complexity index is 304. The van der Waals surface area contributed by atoms with Crippen LogP contribution in [0.3, 0.4) is 0 Å². The van der Waals surface area contributed by atoms with Gasteiger partial charge in [0.2, 0.25) is 0 Å². The summed E-state index contributed by atoms with van der Waals surface area (Å²) in [5.74, 6) is 0. The normalized spacial score (nSPS) is 23.3. The van der Waals surface area contributed by atoms with Gasteiger partial charge >= 0.3 is 0 Å². The number of nitro benzene ring substituents is 1. The van der Waals surface area contributed by atoms with Crippen molar-refractivity contribution in [3.63, 3.8) is 0 Å². The van der Waals surface area contributed by atoms with Crippen LogP contribution in [0.1, 0.15) is 6.42 Å². The standard InChI is InChI=1S/C6H5NO2.C3H6O3/c8-7(9)6-4-2-1-3-5-6;4-2-1-3(5)6-2/h1-5H;2-5H,1H2. The van der Waals surface area contributed by atoms with Gasteiger partial charge < -0.3 is 14.9 Å². The number of hydrogen-bond donors (Lipinski definition) is 2. The van der Waals surface area contributed by atoms with Crippen LogP contribution in [0, 0.1) is 10.1 Å². The van der Waals surface area contributed by atoms with Gasteiger partial charge in [-0.2, -0.15) is 0 Å². The van der Waals surface area contributed by atoms with Crippen LogP contribution < -0.4 is 0 Å². The van der Waals surface area contributed by atoms with Crippen molar-refractivity contribution in [1.29, 1.82) is 0 Å². The first-order valence-corrected chi connectivity index (χ1v) is 4.30. The molecule has 0 amide bonds. The Labute approximate surface area is 85.9 Å². The van der Waals surface area contributed by atoms with E-state index in [1.54, 1.807) is 18.2 Å². The maximum atomic E-state index is 10.0. The number of nitro groups is 1. The minimum absolute atomic E-state index is 0.137. The van der Waals surface area contributed by atoms with Gasteiger partial charge in [0.25, 0.3) is 5.69 Å². The zero-order valence-electron chi connectivity index (χ0n) is 7.81. The molecule has 0 aromatic heterocycles. The highest BCUT2D eigenvalue weighted by atomic mass is 16.7. The van der Waals surface area contributed by atoms with Crippen LogP contribution >= 0.6 is 0 Å². The van der Waals surface area contributed by atoms with Gasteiger partial charge in [0, 0.05) is 18.6 Å². The van der Waals surface area contributed by atoms with E-state index in [1.165, 1.54) is 12.1 Å². The summed E-state index contributed by atoms with van der Waals surface area (Å²) in [6.07, 6.45) is -1.06. The number of ether oxygens (including phenoxy) is 1. The molecule has 0 saturated carbocycles. The van der Waals surface area contributed by atoms with Crippen molar-refractivity contribution in [2.45, 2.75) is 19.0 Å². The predicted octanol–water partition coefficient (Wildman–Crippen LogP) is 0.638. The molecule has 1 aliphatic heterocycles. The van der Waals surface area contributed by atoms with Crippen molar-refractivity contribution < 1.29 is 19.9 Å². The lowest BCUT2D eigenvalue weighted by Gasteiger charge is -2.26. The summed E-state index contributed by atoms with van der Waals surface area (Å²) >= 11 is 0. The molecule has 0 radical (unpaired) electrons. The number of benzene rings is 1. The number of aliphatic hydroxyl groups excluding tert-OH is 2. The third-order valence-corrected chi connectivity index (χ3v) is 1.68. The lowest BCUT2D eigenvalue weighted by atomic mass is 10.3. The largest absolute Gasteiger partial charge is 0.368 e. The summed E-state index contributed by atoms with van der Waals surface area (Å²) in [5, 5.41) is 26.5. The minimum atomic E-state index is -0.708. The zero-order chi connectivity index (χ0) is 11.3. The second-order valence-electron chi connectivity index (χ2n) is 2.87. The summed E-state index contributed by atoms with van der Waals surface area (Å²) in [5.41, 5.74) is 0.137. The Morgan fingerprint density at radius 3 is 1.93 bits per heavy atom. The van der Waals surface area contributed by atoms with E-state index in [1.807, 2.05) is 0 Å². The minimum Gasteiger partial charge on any atom is -0.368 e. The maximum absolute atomic E-state index is 10.0. The molecule has 2 atom stereocenters. The molecule has 6 nitrogen and oxygen atoms in total. The average molecular weight is 213 g/mol. The number of para-hydroxylation sites is 1. The fourth-order valence-electron chi connectivity index (χ4n) is 0.892. The van der Waals surface area contributed by atoms with Crippen molar-refractivity contribution >= 4 is 5.69 Å². The molecule has 1 fully saturated rings. The molecule has 0 aliphatic carbocycles. The molecule has 1 heterocycles. The van der Waals surface area contributed by atoms with E-state index in [0.717, 1.165) is 0 Å². The van der Waals surface area contributed by atoms with E-state index in [9.17, 15) is 10.1 Å². The van der Waals surface area contributed by atoms with E-state index in [4.69, 9.17) is 10.2 Å². The first-order chi connectivity index (χ1) is 7.09. The molecule has 2 N–H and O–H groups in total. The molecular formula is C9H11NO5. The lowest BCUT2D eigenvalue weighted by Crippen LogP contribution is -2.36. The van der Waals surface area contributed by atoms with E-state index in [2.05, 4.69) is 4.74 Å². The first kappa shape index (κ1) is 11.6. The van der Waals surface area contributed by atoms with E-state index in [-0.39, 0.29) is 5.69 Å².